The van der Waals surface area contributed by atoms with Crippen LogP contribution < -0.4 is 0 Å². The second kappa shape index (κ2) is 13.4. The van der Waals surface area contributed by atoms with E-state index < -0.39 is 0 Å². The van der Waals surface area contributed by atoms with Crippen molar-refractivity contribution in [1.29, 1.82) is 0 Å². The molecule has 0 radical (unpaired) electrons. The number of benzene rings is 2. The normalized spacial score (nSPS) is 17.8. The molecular formula is C26H32O4. The highest BCUT2D eigenvalue weighted by Gasteiger charge is 2.34. The lowest BCUT2D eigenvalue weighted by Gasteiger charge is -2.17. The number of aryl methyl sites for hydroxylation is 1. The molecule has 30 heavy (non-hydrogen) atoms. The molecule has 0 amide bonds. The lowest BCUT2D eigenvalue weighted by Crippen LogP contribution is -2.18. The van der Waals surface area contributed by atoms with Crippen molar-refractivity contribution in [2.75, 3.05) is 14.2 Å². The van der Waals surface area contributed by atoms with Gasteiger partial charge in [0, 0.05) is 6.08 Å². The summed E-state index contributed by atoms with van der Waals surface area (Å²) in [4.78, 5) is 22.3. The first kappa shape index (κ1) is 23.4. The maximum atomic E-state index is 11.6. The van der Waals surface area contributed by atoms with E-state index in [9.17, 15) is 9.59 Å². The van der Waals surface area contributed by atoms with Crippen molar-refractivity contribution < 1.29 is 19.1 Å². The molecule has 0 bridgehead atoms. The summed E-state index contributed by atoms with van der Waals surface area (Å²) < 4.78 is 9.34. The maximum Gasteiger partial charge on any atom is 0.330 e. The third-order valence-corrected chi connectivity index (χ3v) is 5.38. The van der Waals surface area contributed by atoms with Crippen LogP contribution in [0.1, 0.15) is 49.1 Å². The Labute approximate surface area is 179 Å². The van der Waals surface area contributed by atoms with Crippen molar-refractivity contribution >= 4 is 11.9 Å². The Hall–Kier alpha value is -2.88. The van der Waals surface area contributed by atoms with Gasteiger partial charge < -0.3 is 9.47 Å². The summed E-state index contributed by atoms with van der Waals surface area (Å²) in [5, 5.41) is 0. The van der Waals surface area contributed by atoms with Crippen LogP contribution in [0.2, 0.25) is 0 Å². The van der Waals surface area contributed by atoms with E-state index in [1.165, 1.54) is 31.4 Å². The van der Waals surface area contributed by atoms with Crippen LogP contribution >= 0.6 is 0 Å². The van der Waals surface area contributed by atoms with Crippen LogP contribution in [0.5, 0.6) is 0 Å². The average Bonchev–Trinajstić information content (AvgIpc) is 3.30. The van der Waals surface area contributed by atoms with E-state index in [2.05, 4.69) is 29.0 Å². The van der Waals surface area contributed by atoms with Crippen molar-refractivity contribution in [3.8, 4) is 0 Å². The molecule has 160 valence electrons. The van der Waals surface area contributed by atoms with Gasteiger partial charge in [0.15, 0.2) is 0 Å². The quantitative estimate of drug-likeness (QED) is 0.346. The summed E-state index contributed by atoms with van der Waals surface area (Å²) in [5.74, 6) is 0.0899. The molecule has 0 unspecified atom stereocenters. The van der Waals surface area contributed by atoms with Gasteiger partial charge in [0.05, 0.1) is 20.1 Å². The molecular weight excluding hydrogens is 376 g/mol. The number of ether oxygens (including phenoxy) is 2. The fourth-order valence-electron chi connectivity index (χ4n) is 3.81. The van der Waals surface area contributed by atoms with Gasteiger partial charge >= 0.3 is 11.9 Å². The van der Waals surface area contributed by atoms with Crippen LogP contribution in [0.25, 0.3) is 0 Å². The third kappa shape index (κ3) is 7.86. The number of unbranched alkanes of at least 4 members (excludes halogenated alkanes) is 1. The van der Waals surface area contributed by atoms with Crippen LogP contribution in [-0.2, 0) is 25.5 Å². The van der Waals surface area contributed by atoms with E-state index in [0.29, 0.717) is 5.92 Å². The molecule has 0 N–H and O–H groups in total. The SMILES string of the molecule is COC(=O)/C=C\CCCc1ccccc1.COC(=O)[C@@H]1CCC[C@H]1c1ccccc1. The van der Waals surface area contributed by atoms with Crippen LogP contribution in [0.15, 0.2) is 72.8 Å². The van der Waals surface area contributed by atoms with E-state index in [0.717, 1.165) is 38.5 Å². The van der Waals surface area contributed by atoms with Gasteiger partial charge in [-0.2, -0.15) is 0 Å². The molecule has 1 aliphatic carbocycles. The fourth-order valence-corrected chi connectivity index (χ4v) is 3.81. The standard InChI is InChI=1S/2C13H16O2/c1-15-13(14)12-9-5-8-11(12)10-6-3-2-4-7-10;1-15-13(14)11-7-3-6-10-12-8-4-2-5-9-12/h2-4,6-7,11-12H,5,8-9H2,1H3;2,4-5,7-9,11H,3,6,10H2,1H3/b;11-7-/t11-,12+;/m0./s1. The molecule has 4 nitrogen and oxygen atoms in total. The van der Waals surface area contributed by atoms with Gasteiger partial charge in [0.2, 0.25) is 0 Å². The van der Waals surface area contributed by atoms with Gasteiger partial charge in [-0.15, -0.1) is 0 Å². The predicted octanol–water partition coefficient (Wildman–Crippen LogP) is 5.48. The zero-order valence-corrected chi connectivity index (χ0v) is 18.0. The molecule has 1 fully saturated rings. The van der Waals surface area contributed by atoms with Crippen molar-refractivity contribution in [1.82, 2.24) is 0 Å². The highest BCUT2D eigenvalue weighted by atomic mass is 16.5. The first-order valence-electron chi connectivity index (χ1n) is 10.6. The number of methoxy groups -OCH3 is 2. The molecule has 0 aromatic heterocycles. The summed E-state index contributed by atoms with van der Waals surface area (Å²) in [6.45, 7) is 0. The largest absolute Gasteiger partial charge is 0.469 e. The van der Waals surface area contributed by atoms with Gasteiger partial charge in [0.25, 0.3) is 0 Å². The minimum atomic E-state index is -0.283. The van der Waals surface area contributed by atoms with E-state index in [1.54, 1.807) is 0 Å². The smallest absolute Gasteiger partial charge is 0.330 e. The Morgan fingerprint density at radius 1 is 0.933 bits per heavy atom. The highest BCUT2D eigenvalue weighted by molar-refractivity contribution is 5.81. The van der Waals surface area contributed by atoms with Crippen LogP contribution in [0.3, 0.4) is 0 Å². The van der Waals surface area contributed by atoms with Crippen molar-refractivity contribution in [2.24, 2.45) is 5.92 Å². The number of carbonyl (C=O) groups excluding carboxylic acids is 2. The summed E-state index contributed by atoms with van der Waals surface area (Å²) in [6, 6.07) is 20.6. The Balaban J connectivity index is 0.000000214. The molecule has 3 rings (SSSR count). The number of rotatable bonds is 7. The van der Waals surface area contributed by atoms with Crippen molar-refractivity contribution in [3.63, 3.8) is 0 Å². The molecule has 0 heterocycles. The van der Waals surface area contributed by atoms with Gasteiger partial charge in [0.1, 0.15) is 0 Å². The zero-order valence-electron chi connectivity index (χ0n) is 18.0. The first-order valence-corrected chi connectivity index (χ1v) is 10.6. The molecule has 0 spiro atoms. The molecule has 0 aliphatic heterocycles. The minimum Gasteiger partial charge on any atom is -0.469 e. The summed E-state index contributed by atoms with van der Waals surface area (Å²) >= 11 is 0. The van der Waals surface area contributed by atoms with E-state index in [-0.39, 0.29) is 17.9 Å². The van der Waals surface area contributed by atoms with Gasteiger partial charge in [-0.3, -0.25) is 4.79 Å². The predicted molar refractivity (Wildman–Crippen MR) is 119 cm³/mol. The second-order valence-electron chi connectivity index (χ2n) is 7.38. The van der Waals surface area contributed by atoms with E-state index in [4.69, 9.17) is 4.74 Å². The number of carbonyl (C=O) groups is 2. The molecule has 2 atom stereocenters. The number of allylic oxidation sites excluding steroid dienone is 1. The molecule has 4 heteroatoms. The van der Waals surface area contributed by atoms with Crippen LogP contribution in [-0.4, -0.2) is 26.2 Å². The van der Waals surface area contributed by atoms with Gasteiger partial charge in [-0.05, 0) is 49.1 Å². The lowest BCUT2D eigenvalue weighted by atomic mass is 9.89. The first-order chi connectivity index (χ1) is 14.7. The Morgan fingerprint density at radius 3 is 2.23 bits per heavy atom. The van der Waals surface area contributed by atoms with Gasteiger partial charge in [-0.1, -0.05) is 73.2 Å². The molecule has 1 aliphatic rings. The van der Waals surface area contributed by atoms with Crippen LogP contribution in [0.4, 0.5) is 0 Å². The Kier molecular flexibility index (Phi) is 10.4. The Bertz CT molecular complexity index is 783. The Morgan fingerprint density at radius 2 is 1.60 bits per heavy atom. The average molecular weight is 409 g/mol. The lowest BCUT2D eigenvalue weighted by molar-refractivity contribution is -0.145. The zero-order chi connectivity index (χ0) is 21.6. The number of esters is 2. The number of hydrogen-bond acceptors (Lipinski definition) is 4. The van der Waals surface area contributed by atoms with E-state index in [1.807, 2.05) is 42.5 Å². The van der Waals surface area contributed by atoms with Crippen molar-refractivity contribution in [2.45, 2.75) is 44.4 Å². The third-order valence-electron chi connectivity index (χ3n) is 5.38. The molecule has 2 aromatic rings. The monoisotopic (exact) mass is 408 g/mol. The summed E-state index contributed by atoms with van der Waals surface area (Å²) in [6.07, 6.45) is 9.53. The van der Waals surface area contributed by atoms with Crippen LogP contribution in [0, 0.1) is 5.92 Å². The topological polar surface area (TPSA) is 52.6 Å². The number of hydrogen-bond donors (Lipinski definition) is 0. The minimum absolute atomic E-state index is 0.0543. The highest BCUT2D eigenvalue weighted by Crippen LogP contribution is 2.40. The fraction of sp³-hybridized carbons (Fsp3) is 0.385. The summed E-state index contributed by atoms with van der Waals surface area (Å²) in [7, 11) is 2.86. The van der Waals surface area contributed by atoms with E-state index >= 15 is 0 Å². The van der Waals surface area contributed by atoms with Crippen molar-refractivity contribution in [3.05, 3.63) is 83.9 Å². The summed E-state index contributed by atoms with van der Waals surface area (Å²) in [5.41, 5.74) is 2.61. The molecule has 0 saturated heterocycles. The molecule has 2 aromatic carbocycles. The molecule has 1 saturated carbocycles. The second-order valence-corrected chi connectivity index (χ2v) is 7.38. The maximum absolute atomic E-state index is 11.6. The van der Waals surface area contributed by atoms with Gasteiger partial charge in [-0.25, -0.2) is 4.79 Å².